The first-order valence-corrected chi connectivity index (χ1v) is 22.9. The molecular formula is C54H108O18. The molecule has 0 aromatic rings. The lowest BCUT2D eigenvalue weighted by atomic mass is 9.98. The molecular weight excluding hydrogens is 937 g/mol. The Balaban J connectivity index is -0.0000000490. The second kappa shape index (κ2) is 61.1. The van der Waals surface area contributed by atoms with Gasteiger partial charge in [0, 0.05) is 26.4 Å². The largest absolute Gasteiger partial charge is 0.396 e. The number of aliphatic hydroxyl groups is 2. The van der Waals surface area contributed by atoms with E-state index < -0.39 is 0 Å². The lowest BCUT2D eigenvalue weighted by Crippen LogP contribution is -2.26. The van der Waals surface area contributed by atoms with Crippen LogP contribution in [0.2, 0.25) is 0 Å². The van der Waals surface area contributed by atoms with E-state index in [2.05, 4.69) is 159 Å². The van der Waals surface area contributed by atoms with Crippen molar-refractivity contribution in [3.8, 4) is 0 Å². The van der Waals surface area contributed by atoms with E-state index >= 15 is 0 Å². The molecule has 18 nitrogen and oxygen atoms in total. The zero-order valence-electron chi connectivity index (χ0n) is 51.0. The van der Waals surface area contributed by atoms with Gasteiger partial charge in [-0.1, -0.05) is 116 Å². The number of allylic oxidation sites excluding steroid dienone is 1. The quantitative estimate of drug-likeness (QED) is 0.234. The highest BCUT2D eigenvalue weighted by molar-refractivity contribution is 5.21. The number of rotatable bonds is 6. The summed E-state index contributed by atoms with van der Waals surface area (Å²) in [6, 6.07) is 0. The minimum atomic E-state index is 0.00722. The molecule has 432 valence electrons. The van der Waals surface area contributed by atoms with E-state index in [1.54, 1.807) is 0 Å². The van der Waals surface area contributed by atoms with E-state index in [1.807, 2.05) is 55.4 Å². The third-order valence-electron chi connectivity index (χ3n) is 4.52. The standard InChI is InChI=1S/2C9H20O.2C8H18O.2C5H12O.C4H8.6CO2/c2*1-8(2,3)7-10-9(4,5)6;2*1-7(2)6-9-8(3,4)5;2*1-5(2,3)4-6;1-4(2)3;6*2-1-3/h2*7H2,1-6H3;2*7H,6H2,1-5H3;2*6H,4H2,1-3H3;1H2,2-3H3;;;;;;. The fourth-order valence-electron chi connectivity index (χ4n) is 1.70. The molecule has 0 aromatic heterocycles. The van der Waals surface area contributed by atoms with Gasteiger partial charge in [-0.2, -0.15) is 57.5 Å². The molecule has 0 spiro atoms. The Morgan fingerprint density at radius 3 is 0.486 bits per heavy atom. The number of hydrogen-bond acceptors (Lipinski definition) is 18. The highest BCUT2D eigenvalue weighted by Gasteiger charge is 2.17. The first kappa shape index (κ1) is 101. The van der Waals surface area contributed by atoms with Crippen LogP contribution in [-0.4, -0.2) is 109 Å². The molecule has 0 aliphatic carbocycles. The molecule has 0 radical (unpaired) electrons. The third-order valence-corrected chi connectivity index (χ3v) is 4.52. The number of aliphatic hydroxyl groups excluding tert-OH is 2. The summed E-state index contributed by atoms with van der Waals surface area (Å²) in [6.45, 7) is 70.1. The van der Waals surface area contributed by atoms with Crippen LogP contribution in [0.1, 0.15) is 208 Å². The molecule has 0 bridgehead atoms. The summed E-state index contributed by atoms with van der Waals surface area (Å²) in [4.78, 5) is 97.5. The van der Waals surface area contributed by atoms with E-state index in [4.69, 9.17) is 86.7 Å². The summed E-state index contributed by atoms with van der Waals surface area (Å²) < 4.78 is 22.2. The molecule has 0 aromatic carbocycles. The summed E-state index contributed by atoms with van der Waals surface area (Å²) in [6.07, 6.45) is 1.50. The molecule has 0 atom stereocenters. The smallest absolute Gasteiger partial charge is 0.373 e. The first-order valence-electron chi connectivity index (χ1n) is 22.9. The van der Waals surface area contributed by atoms with Gasteiger partial charge in [0.25, 0.3) is 0 Å². The predicted molar refractivity (Wildman–Crippen MR) is 275 cm³/mol. The van der Waals surface area contributed by atoms with Gasteiger partial charge in [-0.15, -0.1) is 6.58 Å². The Kier molecular flexibility index (Phi) is 85.5. The second-order valence-electron chi connectivity index (χ2n) is 24.7. The van der Waals surface area contributed by atoms with Crippen LogP contribution < -0.4 is 0 Å². The highest BCUT2D eigenvalue weighted by atomic mass is 16.5. The van der Waals surface area contributed by atoms with Gasteiger partial charge in [-0.3, -0.25) is 0 Å². The molecule has 0 heterocycles. The Labute approximate surface area is 437 Å². The second-order valence-corrected chi connectivity index (χ2v) is 24.7. The highest BCUT2D eigenvalue weighted by Crippen LogP contribution is 2.19. The molecule has 18 heteroatoms. The molecule has 0 rings (SSSR count). The minimum Gasteiger partial charge on any atom is -0.396 e. The van der Waals surface area contributed by atoms with E-state index in [0.29, 0.717) is 11.8 Å². The summed E-state index contributed by atoms with van der Waals surface area (Å²) in [5, 5.41) is 16.8. The number of ether oxygens (including phenoxy) is 4. The topological polar surface area (TPSA) is 282 Å². The molecule has 0 aliphatic rings. The van der Waals surface area contributed by atoms with Gasteiger partial charge in [0.05, 0.1) is 35.6 Å². The summed E-state index contributed by atoms with van der Waals surface area (Å²) in [5.41, 5.74) is 2.01. The third kappa shape index (κ3) is 358. The van der Waals surface area contributed by atoms with Gasteiger partial charge < -0.3 is 29.2 Å². The fourth-order valence-corrected chi connectivity index (χ4v) is 1.70. The van der Waals surface area contributed by atoms with E-state index in [-0.39, 0.29) is 94.2 Å². The molecule has 0 unspecified atom stereocenters. The van der Waals surface area contributed by atoms with Crippen LogP contribution in [0.15, 0.2) is 12.2 Å². The van der Waals surface area contributed by atoms with E-state index in [1.165, 1.54) is 5.57 Å². The van der Waals surface area contributed by atoms with Crippen LogP contribution in [-0.2, 0) is 76.5 Å². The minimum absolute atomic E-state index is 0.00722. The van der Waals surface area contributed by atoms with Gasteiger partial charge in [0.15, 0.2) is 0 Å². The SMILES string of the molecule is C=C(C)C.CC(C)(C)CO.CC(C)(C)CO.CC(C)(C)COC(C)(C)C.CC(C)(C)COC(C)(C)C.CC(C)COC(C)(C)C.CC(C)COC(C)(C)C.O=C=O.O=C=O.O=C=O.O=C=O.O=C=O.O=C=O. The lowest BCUT2D eigenvalue weighted by molar-refractivity contribution is -0.193. The molecule has 0 saturated heterocycles. The van der Waals surface area contributed by atoms with Crippen LogP contribution in [0, 0.1) is 33.5 Å². The van der Waals surface area contributed by atoms with Crippen molar-refractivity contribution in [2.75, 3.05) is 39.6 Å². The van der Waals surface area contributed by atoms with Crippen LogP contribution in [0.4, 0.5) is 0 Å². The van der Waals surface area contributed by atoms with Crippen molar-refractivity contribution in [2.24, 2.45) is 33.5 Å². The normalized spacial score (nSPS) is 10.0. The Bertz CT molecular complexity index is 1150. The number of carbonyl (C=O) groups excluding carboxylic acids is 12. The zero-order valence-corrected chi connectivity index (χ0v) is 51.0. The Morgan fingerprint density at radius 2 is 0.458 bits per heavy atom. The lowest BCUT2D eigenvalue weighted by Gasteiger charge is -2.26. The first-order chi connectivity index (χ1) is 31.6. The molecule has 0 aliphatic heterocycles. The maximum atomic E-state index is 8.40. The van der Waals surface area contributed by atoms with Crippen molar-refractivity contribution < 1.29 is 86.7 Å². The van der Waals surface area contributed by atoms with E-state index in [0.717, 1.165) is 26.4 Å². The molecule has 72 heavy (non-hydrogen) atoms. The summed E-state index contributed by atoms with van der Waals surface area (Å²) >= 11 is 0. The van der Waals surface area contributed by atoms with Crippen LogP contribution in [0.3, 0.4) is 0 Å². The van der Waals surface area contributed by atoms with Crippen molar-refractivity contribution in [3.63, 3.8) is 0 Å². The Morgan fingerprint density at radius 1 is 0.347 bits per heavy atom. The van der Waals surface area contributed by atoms with Crippen molar-refractivity contribution in [3.05, 3.63) is 12.2 Å². The molecule has 0 saturated carbocycles. The monoisotopic (exact) mass is 1040 g/mol. The zero-order chi connectivity index (χ0) is 62.0. The van der Waals surface area contributed by atoms with Gasteiger partial charge in [0.1, 0.15) is 0 Å². The number of hydrogen-bond donors (Lipinski definition) is 2. The van der Waals surface area contributed by atoms with Crippen molar-refractivity contribution >= 4 is 36.9 Å². The van der Waals surface area contributed by atoms with Crippen LogP contribution in [0.5, 0.6) is 0 Å². The van der Waals surface area contributed by atoms with Gasteiger partial charge >= 0.3 is 36.9 Å². The van der Waals surface area contributed by atoms with Crippen molar-refractivity contribution in [1.82, 2.24) is 0 Å². The van der Waals surface area contributed by atoms with Crippen molar-refractivity contribution in [2.45, 2.75) is 230 Å². The average Bonchev–Trinajstić information content (AvgIpc) is 3.13. The fraction of sp³-hybridized carbons (Fsp3) is 0.852. The predicted octanol–water partition coefficient (Wildman–Crippen LogP) is 10.7. The van der Waals surface area contributed by atoms with Gasteiger partial charge in [-0.25, -0.2) is 0 Å². The van der Waals surface area contributed by atoms with Crippen LogP contribution >= 0.6 is 0 Å². The average molecular weight is 1050 g/mol. The summed E-state index contributed by atoms with van der Waals surface area (Å²) in [7, 11) is 0. The molecule has 0 fully saturated rings. The van der Waals surface area contributed by atoms with Gasteiger partial charge in [-0.05, 0) is 130 Å². The molecule has 0 amide bonds. The van der Waals surface area contributed by atoms with Crippen molar-refractivity contribution in [1.29, 1.82) is 0 Å². The molecule has 2 N–H and O–H groups in total. The Hall–Kier alpha value is -4.22. The summed E-state index contributed by atoms with van der Waals surface area (Å²) in [5.74, 6) is 1.29. The van der Waals surface area contributed by atoms with E-state index in [9.17, 15) is 0 Å². The maximum absolute atomic E-state index is 8.40. The van der Waals surface area contributed by atoms with Gasteiger partial charge in [0.2, 0.25) is 0 Å². The van der Waals surface area contributed by atoms with Crippen LogP contribution in [0.25, 0.3) is 0 Å². The maximum Gasteiger partial charge on any atom is 0.373 e.